The lowest BCUT2D eigenvalue weighted by Gasteiger charge is -2.45. The minimum atomic E-state index is -1.15. The Hall–Kier alpha value is -3.12. The van der Waals surface area contributed by atoms with Gasteiger partial charge in [-0.05, 0) is 60.5 Å². The lowest BCUT2D eigenvalue weighted by molar-refractivity contribution is 0.0103. The van der Waals surface area contributed by atoms with Crippen LogP contribution < -0.4 is 10.2 Å². The van der Waals surface area contributed by atoms with E-state index in [4.69, 9.17) is 28.3 Å². The average Bonchev–Trinajstić information content (AvgIpc) is 2.92. The van der Waals surface area contributed by atoms with Gasteiger partial charge < -0.3 is 20.4 Å². The van der Waals surface area contributed by atoms with Gasteiger partial charge in [-0.15, -0.1) is 0 Å². The Morgan fingerprint density at radius 3 is 2.45 bits per heavy atom. The molecule has 7 nitrogen and oxygen atoms in total. The van der Waals surface area contributed by atoms with Crippen LogP contribution in [0.5, 0.6) is 0 Å². The summed E-state index contributed by atoms with van der Waals surface area (Å²) < 4.78 is 0. The number of benzene rings is 3. The lowest BCUT2D eigenvalue weighted by atomic mass is 9.93. The van der Waals surface area contributed by atoms with Crippen LogP contribution >= 0.6 is 23.2 Å². The summed E-state index contributed by atoms with van der Waals surface area (Å²) in [5.74, 6) is -0.270. The third-order valence-corrected chi connectivity index (χ3v) is 7.36. The van der Waals surface area contributed by atoms with Gasteiger partial charge in [0.15, 0.2) is 0 Å². The molecule has 0 saturated carbocycles. The van der Waals surface area contributed by atoms with E-state index in [9.17, 15) is 15.2 Å². The number of carbonyl (C=O) groups is 1. The predicted molar refractivity (Wildman–Crippen MR) is 150 cm³/mol. The monoisotopic (exact) mass is 552 g/mol. The van der Waals surface area contributed by atoms with Gasteiger partial charge >= 0.3 is 0 Å². The van der Waals surface area contributed by atoms with Crippen LogP contribution in [-0.4, -0.2) is 60.4 Å². The fourth-order valence-electron chi connectivity index (χ4n) is 4.83. The van der Waals surface area contributed by atoms with Crippen LogP contribution in [0.2, 0.25) is 10.0 Å². The van der Waals surface area contributed by atoms with Crippen molar-refractivity contribution >= 4 is 34.8 Å². The third-order valence-electron chi connectivity index (χ3n) is 6.80. The summed E-state index contributed by atoms with van der Waals surface area (Å²) in [6, 6.07) is 22.0. The van der Waals surface area contributed by atoms with Crippen molar-refractivity contribution in [1.29, 1.82) is 5.26 Å². The van der Waals surface area contributed by atoms with Gasteiger partial charge in [-0.2, -0.15) is 5.26 Å². The molecule has 1 aliphatic heterocycles. The number of nitriles is 1. The number of nitrogens with one attached hydrogen (secondary N) is 1. The maximum absolute atomic E-state index is 12.1. The van der Waals surface area contributed by atoms with Crippen molar-refractivity contribution in [2.75, 3.05) is 44.2 Å². The van der Waals surface area contributed by atoms with Gasteiger partial charge in [-0.1, -0.05) is 47.5 Å². The highest BCUT2D eigenvalue weighted by Gasteiger charge is 2.34. The van der Waals surface area contributed by atoms with Crippen molar-refractivity contribution in [2.24, 2.45) is 0 Å². The van der Waals surface area contributed by atoms with Gasteiger partial charge in [0.25, 0.3) is 5.91 Å². The number of halogens is 2. The van der Waals surface area contributed by atoms with Crippen LogP contribution in [0.15, 0.2) is 66.7 Å². The molecule has 1 aliphatic rings. The number of anilines is 1. The molecule has 0 aliphatic carbocycles. The Kier molecular flexibility index (Phi) is 8.93. The summed E-state index contributed by atoms with van der Waals surface area (Å²) in [6.45, 7) is 4.22. The molecule has 9 heteroatoms. The molecule has 0 radical (unpaired) electrons. The fraction of sp³-hybridized carbons (Fsp3) is 0.310. The highest BCUT2D eigenvalue weighted by atomic mass is 35.5. The molecule has 4 rings (SSSR count). The molecule has 1 heterocycles. The van der Waals surface area contributed by atoms with E-state index in [1.807, 2.05) is 30.3 Å². The molecule has 3 aromatic carbocycles. The van der Waals surface area contributed by atoms with E-state index in [-0.39, 0.29) is 25.1 Å². The fourth-order valence-corrected chi connectivity index (χ4v) is 5.24. The van der Waals surface area contributed by atoms with Crippen LogP contribution in [0, 0.1) is 11.3 Å². The van der Waals surface area contributed by atoms with Crippen LogP contribution in [0.1, 0.15) is 40.0 Å². The van der Waals surface area contributed by atoms with Crippen LogP contribution in [-0.2, 0) is 5.60 Å². The van der Waals surface area contributed by atoms with E-state index in [2.05, 4.69) is 21.2 Å². The number of aliphatic hydroxyl groups is 2. The van der Waals surface area contributed by atoms with Crippen molar-refractivity contribution in [1.82, 2.24) is 10.2 Å². The summed E-state index contributed by atoms with van der Waals surface area (Å²) in [6.07, 6.45) is 0. The molecule has 0 aromatic heterocycles. The molecular weight excluding hydrogens is 523 g/mol. The number of nitrogens with zero attached hydrogens (tertiary/aromatic N) is 3. The molecule has 38 heavy (non-hydrogen) atoms. The first kappa shape index (κ1) is 27.9. The van der Waals surface area contributed by atoms with E-state index in [1.54, 1.807) is 43.3 Å². The van der Waals surface area contributed by atoms with Crippen molar-refractivity contribution in [3.05, 3.63) is 99.0 Å². The second-order valence-electron chi connectivity index (χ2n) is 9.60. The summed E-state index contributed by atoms with van der Waals surface area (Å²) in [5, 5.41) is 33.4. The van der Waals surface area contributed by atoms with Gasteiger partial charge in [-0.3, -0.25) is 9.69 Å². The smallest absolute Gasteiger partial charge is 0.251 e. The minimum Gasteiger partial charge on any atom is -0.395 e. The molecule has 0 spiro atoms. The SMILES string of the molecule is C[C@@](O)(CN1CCN(c2ccc(C#N)cc2Cl)C(c2ccc(Cl)cc2)C1)c1ccc(C(=O)NCCO)cc1. The maximum atomic E-state index is 12.1. The van der Waals surface area contributed by atoms with E-state index < -0.39 is 5.60 Å². The minimum absolute atomic E-state index is 0.0557. The molecule has 0 bridgehead atoms. The van der Waals surface area contributed by atoms with Crippen LogP contribution in [0.4, 0.5) is 5.69 Å². The summed E-state index contributed by atoms with van der Waals surface area (Å²) in [7, 11) is 0. The number of hydrogen-bond acceptors (Lipinski definition) is 6. The molecular formula is C29H30Cl2N4O3. The molecule has 1 unspecified atom stereocenters. The largest absolute Gasteiger partial charge is 0.395 e. The Morgan fingerprint density at radius 2 is 1.82 bits per heavy atom. The quantitative estimate of drug-likeness (QED) is 0.384. The van der Waals surface area contributed by atoms with E-state index >= 15 is 0 Å². The number of aliphatic hydroxyl groups excluding tert-OH is 1. The summed E-state index contributed by atoms with van der Waals surface area (Å²) in [4.78, 5) is 16.6. The number of rotatable bonds is 8. The Bertz CT molecular complexity index is 1310. The predicted octanol–water partition coefficient (Wildman–Crippen LogP) is 4.36. The van der Waals surface area contributed by atoms with E-state index in [0.29, 0.717) is 52.9 Å². The van der Waals surface area contributed by atoms with Crippen LogP contribution in [0.3, 0.4) is 0 Å². The van der Waals surface area contributed by atoms with Gasteiger partial charge in [0, 0.05) is 43.3 Å². The van der Waals surface area contributed by atoms with Gasteiger partial charge in [0.05, 0.1) is 40.6 Å². The first-order valence-electron chi connectivity index (χ1n) is 12.4. The third kappa shape index (κ3) is 6.47. The average molecular weight is 553 g/mol. The highest BCUT2D eigenvalue weighted by molar-refractivity contribution is 6.33. The number of β-amino-alcohol motifs (C(OH)–C–C–N with tert-alkyl or cyclic N) is 1. The van der Waals surface area contributed by atoms with Gasteiger partial charge in [0.2, 0.25) is 0 Å². The maximum Gasteiger partial charge on any atom is 0.251 e. The Morgan fingerprint density at radius 1 is 1.11 bits per heavy atom. The standard InChI is InChI=1S/C29H30Cl2N4O3/c1-29(38,23-7-3-22(4-8-23)28(37)33-12-15-36)19-34-13-14-35(26-11-2-20(17-32)16-25(26)31)27(18-34)21-5-9-24(30)10-6-21/h2-11,16,27,36,38H,12-15,18-19H2,1H3,(H,33,37)/t27?,29-/m1/s1. The normalized spacial score (nSPS) is 17.5. The van der Waals surface area contributed by atoms with Crippen molar-refractivity contribution in [3.8, 4) is 6.07 Å². The molecule has 2 atom stereocenters. The number of amides is 1. The molecule has 198 valence electrons. The Labute approximate surface area is 232 Å². The van der Waals surface area contributed by atoms with Gasteiger partial charge in [-0.25, -0.2) is 0 Å². The first-order valence-corrected chi connectivity index (χ1v) is 13.1. The Balaban J connectivity index is 1.54. The molecule has 3 aromatic rings. The zero-order valence-electron chi connectivity index (χ0n) is 21.1. The topological polar surface area (TPSA) is 99.8 Å². The van der Waals surface area contributed by atoms with Crippen molar-refractivity contribution in [3.63, 3.8) is 0 Å². The van der Waals surface area contributed by atoms with Crippen LogP contribution in [0.25, 0.3) is 0 Å². The van der Waals surface area contributed by atoms with Gasteiger partial charge in [0.1, 0.15) is 0 Å². The summed E-state index contributed by atoms with van der Waals surface area (Å²) in [5.41, 5.74) is 2.45. The number of hydrogen-bond donors (Lipinski definition) is 3. The van der Waals surface area contributed by atoms with E-state index in [0.717, 1.165) is 11.3 Å². The molecule has 1 saturated heterocycles. The van der Waals surface area contributed by atoms with E-state index in [1.165, 1.54) is 0 Å². The number of piperazine rings is 1. The zero-order chi connectivity index (χ0) is 27.3. The molecule has 1 amide bonds. The molecule has 1 fully saturated rings. The zero-order valence-corrected chi connectivity index (χ0v) is 22.6. The van der Waals surface area contributed by atoms with Crippen molar-refractivity contribution in [2.45, 2.75) is 18.6 Å². The highest BCUT2D eigenvalue weighted by Crippen LogP contribution is 2.37. The second kappa shape index (κ2) is 12.2. The van der Waals surface area contributed by atoms with Crippen molar-refractivity contribution < 1.29 is 15.0 Å². The second-order valence-corrected chi connectivity index (χ2v) is 10.4. The lowest BCUT2D eigenvalue weighted by Crippen LogP contribution is -2.52. The number of carbonyl (C=O) groups excluding carboxylic acids is 1. The first-order chi connectivity index (χ1) is 18.2. The summed E-state index contributed by atoms with van der Waals surface area (Å²) >= 11 is 12.8. The molecule has 3 N–H and O–H groups in total.